The van der Waals surface area contributed by atoms with Crippen molar-refractivity contribution >= 4 is 17.1 Å². The zero-order chi connectivity index (χ0) is 13.8. The summed E-state index contributed by atoms with van der Waals surface area (Å²) in [7, 11) is 0. The van der Waals surface area contributed by atoms with Crippen molar-refractivity contribution in [1.82, 2.24) is 0 Å². The number of nitrogen functional groups attached to an aromatic ring is 1. The van der Waals surface area contributed by atoms with Crippen LogP contribution < -0.4 is 11.1 Å². The van der Waals surface area contributed by atoms with Gasteiger partial charge in [-0.2, -0.15) is 5.26 Å². The van der Waals surface area contributed by atoms with Gasteiger partial charge in [0.2, 0.25) is 0 Å². The number of anilines is 3. The van der Waals surface area contributed by atoms with Crippen molar-refractivity contribution in [2.45, 2.75) is 19.8 Å². The van der Waals surface area contributed by atoms with Gasteiger partial charge in [0, 0.05) is 11.4 Å². The van der Waals surface area contributed by atoms with E-state index in [1.165, 1.54) is 5.56 Å². The normalized spacial score (nSPS) is 10.2. The number of hydrogen-bond donors (Lipinski definition) is 2. The average Bonchev–Trinajstić information content (AvgIpc) is 2.41. The minimum atomic E-state index is 0.476. The topological polar surface area (TPSA) is 61.8 Å². The fourth-order valence-electron chi connectivity index (χ4n) is 1.89. The van der Waals surface area contributed by atoms with Crippen LogP contribution in [-0.4, -0.2) is 0 Å². The summed E-state index contributed by atoms with van der Waals surface area (Å²) in [6.45, 7) is 4.31. The van der Waals surface area contributed by atoms with Crippen LogP contribution in [-0.2, 0) is 0 Å². The molecular formula is C16H17N3. The highest BCUT2D eigenvalue weighted by Gasteiger charge is 2.04. The Kier molecular flexibility index (Phi) is 3.72. The molecule has 0 aliphatic heterocycles. The van der Waals surface area contributed by atoms with E-state index in [0.29, 0.717) is 17.2 Å². The van der Waals surface area contributed by atoms with E-state index in [9.17, 15) is 0 Å². The minimum Gasteiger partial charge on any atom is -0.399 e. The first-order valence-electron chi connectivity index (χ1n) is 6.27. The van der Waals surface area contributed by atoms with Crippen LogP contribution in [0.5, 0.6) is 0 Å². The molecule has 0 aromatic heterocycles. The third kappa shape index (κ3) is 3.05. The van der Waals surface area contributed by atoms with Gasteiger partial charge in [0.05, 0.1) is 11.3 Å². The van der Waals surface area contributed by atoms with E-state index < -0.39 is 0 Å². The summed E-state index contributed by atoms with van der Waals surface area (Å²) in [6.07, 6.45) is 0. The first-order valence-corrected chi connectivity index (χ1v) is 6.27. The van der Waals surface area contributed by atoms with Crippen LogP contribution in [0.15, 0.2) is 42.5 Å². The summed E-state index contributed by atoms with van der Waals surface area (Å²) in [6, 6.07) is 15.6. The lowest BCUT2D eigenvalue weighted by Crippen LogP contribution is -1.96. The van der Waals surface area contributed by atoms with Crippen LogP contribution in [0.3, 0.4) is 0 Å². The van der Waals surface area contributed by atoms with Crippen molar-refractivity contribution in [2.24, 2.45) is 0 Å². The lowest BCUT2D eigenvalue weighted by Gasteiger charge is -2.11. The molecule has 0 amide bonds. The number of hydrogen-bond acceptors (Lipinski definition) is 3. The van der Waals surface area contributed by atoms with Crippen molar-refractivity contribution < 1.29 is 0 Å². The summed E-state index contributed by atoms with van der Waals surface area (Å²) in [5, 5.41) is 12.4. The molecule has 96 valence electrons. The molecule has 3 nitrogen and oxygen atoms in total. The van der Waals surface area contributed by atoms with Crippen LogP contribution in [0.2, 0.25) is 0 Å². The molecule has 19 heavy (non-hydrogen) atoms. The predicted molar refractivity (Wildman–Crippen MR) is 79.4 cm³/mol. The molecule has 0 heterocycles. The summed E-state index contributed by atoms with van der Waals surface area (Å²) >= 11 is 0. The van der Waals surface area contributed by atoms with Gasteiger partial charge in [0.25, 0.3) is 0 Å². The van der Waals surface area contributed by atoms with Crippen molar-refractivity contribution in [1.29, 1.82) is 5.26 Å². The molecule has 2 rings (SSSR count). The quantitative estimate of drug-likeness (QED) is 0.810. The number of benzene rings is 2. The van der Waals surface area contributed by atoms with E-state index in [1.807, 2.05) is 18.2 Å². The van der Waals surface area contributed by atoms with Gasteiger partial charge in [-0.25, -0.2) is 0 Å². The molecule has 3 N–H and O–H groups in total. The molecule has 0 saturated heterocycles. The highest BCUT2D eigenvalue weighted by molar-refractivity contribution is 5.69. The monoisotopic (exact) mass is 251 g/mol. The third-order valence-electron chi connectivity index (χ3n) is 3.00. The van der Waals surface area contributed by atoms with E-state index in [0.717, 1.165) is 11.4 Å². The fraction of sp³-hybridized carbons (Fsp3) is 0.188. The molecule has 0 radical (unpaired) electrons. The first kappa shape index (κ1) is 13.0. The number of nitrogens with one attached hydrogen (secondary N) is 1. The third-order valence-corrected chi connectivity index (χ3v) is 3.00. The van der Waals surface area contributed by atoms with Gasteiger partial charge >= 0.3 is 0 Å². The van der Waals surface area contributed by atoms with Gasteiger partial charge in [0.15, 0.2) is 0 Å². The molecule has 2 aromatic rings. The fourth-order valence-corrected chi connectivity index (χ4v) is 1.89. The molecule has 0 aliphatic rings. The number of rotatable bonds is 3. The van der Waals surface area contributed by atoms with Gasteiger partial charge in [-0.15, -0.1) is 0 Å². The molecule has 0 aliphatic carbocycles. The summed E-state index contributed by atoms with van der Waals surface area (Å²) in [4.78, 5) is 0. The lowest BCUT2D eigenvalue weighted by atomic mass is 10.0. The van der Waals surface area contributed by atoms with E-state index in [1.54, 1.807) is 12.1 Å². The van der Waals surface area contributed by atoms with E-state index in [2.05, 4.69) is 37.4 Å². The number of nitriles is 1. The van der Waals surface area contributed by atoms with Crippen molar-refractivity contribution in [2.75, 3.05) is 11.1 Å². The second-order valence-electron chi connectivity index (χ2n) is 4.82. The van der Waals surface area contributed by atoms with Crippen molar-refractivity contribution in [3.63, 3.8) is 0 Å². The summed E-state index contributed by atoms with van der Waals surface area (Å²) in [5.74, 6) is 0.476. The molecule has 0 atom stereocenters. The first-order chi connectivity index (χ1) is 9.10. The predicted octanol–water partition coefficient (Wildman–Crippen LogP) is 4.01. The van der Waals surface area contributed by atoms with Gasteiger partial charge in [-0.3, -0.25) is 0 Å². The van der Waals surface area contributed by atoms with Gasteiger partial charge in [-0.1, -0.05) is 26.0 Å². The Balaban J connectivity index is 2.31. The van der Waals surface area contributed by atoms with E-state index >= 15 is 0 Å². The molecule has 0 fully saturated rings. The molecule has 3 heteroatoms. The Morgan fingerprint density at radius 3 is 2.63 bits per heavy atom. The standard InChI is InChI=1S/C16H17N3/c1-11(2)12-4-3-5-15(9-12)19-16-7-6-14(18)8-13(16)10-17/h3-9,11,19H,18H2,1-2H3. The molecule has 0 saturated carbocycles. The highest BCUT2D eigenvalue weighted by Crippen LogP contribution is 2.25. The van der Waals surface area contributed by atoms with Gasteiger partial charge < -0.3 is 11.1 Å². The van der Waals surface area contributed by atoms with Crippen LogP contribution in [0.25, 0.3) is 0 Å². The van der Waals surface area contributed by atoms with Crippen molar-refractivity contribution in [3.05, 3.63) is 53.6 Å². The van der Waals surface area contributed by atoms with Crippen LogP contribution in [0, 0.1) is 11.3 Å². The number of nitrogens with two attached hydrogens (primary N) is 1. The average molecular weight is 251 g/mol. The SMILES string of the molecule is CC(C)c1cccc(Nc2ccc(N)cc2C#N)c1. The van der Waals surface area contributed by atoms with E-state index in [4.69, 9.17) is 11.0 Å². The Labute approximate surface area is 113 Å². The Bertz CT molecular complexity index is 624. The zero-order valence-electron chi connectivity index (χ0n) is 11.1. The number of nitrogens with zero attached hydrogens (tertiary/aromatic N) is 1. The maximum absolute atomic E-state index is 9.12. The molecule has 0 unspecified atom stereocenters. The summed E-state index contributed by atoms with van der Waals surface area (Å²) in [5.41, 5.74) is 9.85. The molecule has 2 aromatic carbocycles. The zero-order valence-corrected chi connectivity index (χ0v) is 11.1. The van der Waals surface area contributed by atoms with Gasteiger partial charge in [-0.05, 0) is 41.8 Å². The molecular weight excluding hydrogens is 234 g/mol. The Hall–Kier alpha value is -2.47. The lowest BCUT2D eigenvalue weighted by molar-refractivity contribution is 0.867. The molecule has 0 spiro atoms. The molecule has 0 bridgehead atoms. The second-order valence-corrected chi connectivity index (χ2v) is 4.82. The Morgan fingerprint density at radius 1 is 1.16 bits per heavy atom. The summed E-state index contributed by atoms with van der Waals surface area (Å²) < 4.78 is 0. The van der Waals surface area contributed by atoms with Crippen LogP contribution >= 0.6 is 0 Å². The highest BCUT2D eigenvalue weighted by atomic mass is 14.9. The van der Waals surface area contributed by atoms with Gasteiger partial charge in [0.1, 0.15) is 6.07 Å². The van der Waals surface area contributed by atoms with Crippen LogP contribution in [0.1, 0.15) is 30.9 Å². The maximum atomic E-state index is 9.12. The largest absolute Gasteiger partial charge is 0.399 e. The maximum Gasteiger partial charge on any atom is 0.101 e. The smallest absolute Gasteiger partial charge is 0.101 e. The van der Waals surface area contributed by atoms with E-state index in [-0.39, 0.29) is 0 Å². The second kappa shape index (κ2) is 5.45. The minimum absolute atomic E-state index is 0.476. The van der Waals surface area contributed by atoms with Crippen LogP contribution in [0.4, 0.5) is 17.1 Å². The Morgan fingerprint density at radius 2 is 1.95 bits per heavy atom. The van der Waals surface area contributed by atoms with Crippen molar-refractivity contribution in [3.8, 4) is 6.07 Å².